The molecule has 5 heteroatoms. The summed E-state index contributed by atoms with van der Waals surface area (Å²) < 4.78 is 0. The van der Waals surface area contributed by atoms with Gasteiger partial charge in [-0.25, -0.2) is 15.8 Å². The Balaban J connectivity index is 2.95. The molecule has 0 fully saturated rings. The average Bonchev–Trinajstić information content (AvgIpc) is 2.35. The summed E-state index contributed by atoms with van der Waals surface area (Å²) in [5.74, 6) is 8.23. The van der Waals surface area contributed by atoms with Crippen LogP contribution in [0.4, 0.5) is 5.82 Å². The zero-order valence-electron chi connectivity index (χ0n) is 12.7. The van der Waals surface area contributed by atoms with Crippen LogP contribution in [0.1, 0.15) is 58.3 Å². The molecule has 0 aliphatic rings. The van der Waals surface area contributed by atoms with Crippen molar-refractivity contribution in [2.45, 2.75) is 64.3 Å². The number of thioether (sulfide) groups is 1. The summed E-state index contributed by atoms with van der Waals surface area (Å²) in [6.45, 7) is 10.6. The van der Waals surface area contributed by atoms with Gasteiger partial charge < -0.3 is 5.43 Å². The Labute approximate surface area is 121 Å². The van der Waals surface area contributed by atoms with Crippen LogP contribution in [0.25, 0.3) is 0 Å². The monoisotopic (exact) mass is 282 g/mol. The highest BCUT2D eigenvalue weighted by molar-refractivity contribution is 7.99. The smallest absolute Gasteiger partial charge is 0.147 e. The van der Waals surface area contributed by atoms with E-state index >= 15 is 0 Å². The van der Waals surface area contributed by atoms with Gasteiger partial charge in [-0.05, 0) is 19.1 Å². The maximum atomic E-state index is 5.56. The van der Waals surface area contributed by atoms with E-state index in [1.807, 2.05) is 6.92 Å². The zero-order chi connectivity index (χ0) is 14.5. The summed E-state index contributed by atoms with van der Waals surface area (Å²) in [6, 6.07) is 0. The Hall–Kier alpha value is -0.810. The summed E-state index contributed by atoms with van der Waals surface area (Å²) in [7, 11) is 0. The van der Waals surface area contributed by atoms with Gasteiger partial charge in [0.25, 0.3) is 0 Å². The first-order chi connectivity index (χ1) is 8.90. The minimum absolute atomic E-state index is 0.0714. The van der Waals surface area contributed by atoms with Crippen molar-refractivity contribution in [3.8, 4) is 0 Å². The Bertz CT molecular complexity index is 413. The summed E-state index contributed by atoms with van der Waals surface area (Å²) in [6.07, 6.45) is 3.73. The average molecular weight is 282 g/mol. The van der Waals surface area contributed by atoms with Gasteiger partial charge in [0.2, 0.25) is 0 Å². The molecule has 3 N–H and O–H groups in total. The van der Waals surface area contributed by atoms with Crippen molar-refractivity contribution in [2.75, 3.05) is 11.2 Å². The van der Waals surface area contributed by atoms with Crippen molar-refractivity contribution in [3.05, 3.63) is 11.4 Å². The van der Waals surface area contributed by atoms with Crippen LogP contribution in [0.3, 0.4) is 0 Å². The van der Waals surface area contributed by atoms with Crippen LogP contribution < -0.4 is 11.3 Å². The Morgan fingerprint density at radius 2 is 1.89 bits per heavy atom. The quantitative estimate of drug-likeness (QED) is 0.274. The predicted molar refractivity (Wildman–Crippen MR) is 83.5 cm³/mol. The Morgan fingerprint density at radius 1 is 1.21 bits per heavy atom. The van der Waals surface area contributed by atoms with Crippen molar-refractivity contribution in [2.24, 2.45) is 5.84 Å². The number of rotatable bonds is 6. The summed E-state index contributed by atoms with van der Waals surface area (Å²) in [5, 5.41) is 1.05. The molecule has 0 saturated carbocycles. The normalized spacial score (nSPS) is 11.7. The summed E-state index contributed by atoms with van der Waals surface area (Å²) in [5.41, 5.74) is 3.65. The fourth-order valence-electron chi connectivity index (χ4n) is 1.63. The molecule has 108 valence electrons. The van der Waals surface area contributed by atoms with Crippen LogP contribution >= 0.6 is 11.8 Å². The number of hydrogen-bond acceptors (Lipinski definition) is 5. The van der Waals surface area contributed by atoms with Gasteiger partial charge >= 0.3 is 0 Å². The van der Waals surface area contributed by atoms with Gasteiger partial charge in [-0.15, -0.1) is 11.8 Å². The molecule has 0 atom stereocenters. The van der Waals surface area contributed by atoms with Crippen molar-refractivity contribution < 1.29 is 0 Å². The first-order valence-electron chi connectivity index (χ1n) is 6.88. The predicted octanol–water partition coefficient (Wildman–Crippen LogP) is 3.65. The number of nitrogens with one attached hydrogen (secondary N) is 1. The lowest BCUT2D eigenvalue weighted by Gasteiger charge is -2.20. The van der Waals surface area contributed by atoms with E-state index in [0.717, 1.165) is 28.0 Å². The van der Waals surface area contributed by atoms with Gasteiger partial charge in [-0.1, -0.05) is 40.5 Å². The fraction of sp³-hybridized carbons (Fsp3) is 0.714. The molecule has 1 rings (SSSR count). The lowest BCUT2D eigenvalue weighted by Crippen LogP contribution is -2.20. The number of unbranched alkanes of at least 4 members (excludes halogenated alkanes) is 2. The first-order valence-corrected chi connectivity index (χ1v) is 7.87. The number of nitrogens with zero attached hydrogens (tertiary/aromatic N) is 2. The lowest BCUT2D eigenvalue weighted by molar-refractivity contribution is 0.538. The standard InChI is InChI=1S/C14H26N4S/c1-6-7-8-9-19-12-10(2)11(18-15)16-13(17-12)14(3,4)5/h6-9,15H2,1-5H3,(H,16,17,18). The van der Waals surface area contributed by atoms with E-state index in [1.165, 1.54) is 19.3 Å². The third kappa shape index (κ3) is 4.66. The van der Waals surface area contributed by atoms with Gasteiger partial charge in [0.15, 0.2) is 0 Å². The molecule has 0 aromatic carbocycles. The van der Waals surface area contributed by atoms with Gasteiger partial charge in [-0.3, -0.25) is 0 Å². The van der Waals surface area contributed by atoms with Crippen LogP contribution in [0.5, 0.6) is 0 Å². The number of aromatic nitrogens is 2. The van der Waals surface area contributed by atoms with Gasteiger partial charge in [-0.2, -0.15) is 0 Å². The van der Waals surface area contributed by atoms with E-state index in [2.05, 4.69) is 38.1 Å². The van der Waals surface area contributed by atoms with E-state index in [9.17, 15) is 0 Å². The largest absolute Gasteiger partial charge is 0.308 e. The highest BCUT2D eigenvalue weighted by Crippen LogP contribution is 2.29. The summed E-state index contributed by atoms with van der Waals surface area (Å²) in [4.78, 5) is 9.21. The molecule has 0 saturated heterocycles. The highest BCUT2D eigenvalue weighted by atomic mass is 32.2. The third-order valence-electron chi connectivity index (χ3n) is 2.90. The van der Waals surface area contributed by atoms with Crippen LogP contribution in [0.15, 0.2) is 5.03 Å². The third-order valence-corrected chi connectivity index (χ3v) is 4.06. The van der Waals surface area contributed by atoms with Crippen LogP contribution in [0, 0.1) is 6.92 Å². The number of nitrogen functional groups attached to an aromatic ring is 1. The Kier molecular flexibility index (Phi) is 6.07. The number of hydrogen-bond donors (Lipinski definition) is 2. The topological polar surface area (TPSA) is 63.8 Å². The molecule has 1 heterocycles. The Morgan fingerprint density at radius 3 is 2.42 bits per heavy atom. The second kappa shape index (κ2) is 7.10. The molecule has 0 aliphatic heterocycles. The van der Waals surface area contributed by atoms with Crippen molar-refractivity contribution in [1.29, 1.82) is 0 Å². The number of anilines is 1. The molecule has 4 nitrogen and oxygen atoms in total. The second-order valence-corrected chi connectivity index (χ2v) is 6.86. The minimum atomic E-state index is -0.0714. The molecule has 0 spiro atoms. The first kappa shape index (κ1) is 16.2. The van der Waals surface area contributed by atoms with Crippen molar-refractivity contribution >= 4 is 17.6 Å². The van der Waals surface area contributed by atoms with E-state index in [1.54, 1.807) is 11.8 Å². The molecular weight excluding hydrogens is 256 g/mol. The zero-order valence-corrected chi connectivity index (χ0v) is 13.5. The second-order valence-electron chi connectivity index (χ2n) is 5.78. The lowest BCUT2D eigenvalue weighted by atomic mass is 9.95. The molecular formula is C14H26N4S. The summed E-state index contributed by atoms with van der Waals surface area (Å²) >= 11 is 1.80. The van der Waals surface area contributed by atoms with Gasteiger partial charge in [0.1, 0.15) is 16.7 Å². The van der Waals surface area contributed by atoms with E-state index < -0.39 is 0 Å². The molecule has 1 aromatic rings. The van der Waals surface area contributed by atoms with E-state index in [-0.39, 0.29) is 5.41 Å². The molecule has 0 unspecified atom stereocenters. The van der Waals surface area contributed by atoms with Crippen LogP contribution in [-0.2, 0) is 5.41 Å². The van der Waals surface area contributed by atoms with Crippen molar-refractivity contribution in [3.63, 3.8) is 0 Å². The van der Waals surface area contributed by atoms with E-state index in [4.69, 9.17) is 10.8 Å². The SMILES string of the molecule is CCCCCSc1nc(C(C)(C)C)nc(NN)c1C. The van der Waals surface area contributed by atoms with Crippen molar-refractivity contribution in [1.82, 2.24) is 9.97 Å². The molecule has 0 aliphatic carbocycles. The maximum absolute atomic E-state index is 5.56. The number of hydrazine groups is 1. The molecule has 1 aromatic heterocycles. The van der Waals surface area contributed by atoms with Crippen LogP contribution in [0.2, 0.25) is 0 Å². The maximum Gasteiger partial charge on any atom is 0.147 e. The van der Waals surface area contributed by atoms with E-state index in [0.29, 0.717) is 0 Å². The number of nitrogens with two attached hydrogens (primary N) is 1. The molecule has 0 bridgehead atoms. The molecule has 19 heavy (non-hydrogen) atoms. The highest BCUT2D eigenvalue weighted by Gasteiger charge is 2.21. The minimum Gasteiger partial charge on any atom is -0.308 e. The molecule has 0 radical (unpaired) electrons. The molecule has 0 amide bonds. The van der Waals surface area contributed by atoms with Gasteiger partial charge in [0, 0.05) is 11.0 Å². The van der Waals surface area contributed by atoms with Crippen LogP contribution in [-0.4, -0.2) is 15.7 Å². The fourth-order valence-corrected chi connectivity index (χ4v) is 2.64. The van der Waals surface area contributed by atoms with Gasteiger partial charge in [0.05, 0.1) is 0 Å².